The van der Waals surface area contributed by atoms with Crippen LogP contribution in [0.25, 0.3) is 28.0 Å². The molecule has 0 N–H and O–H groups in total. The summed E-state index contributed by atoms with van der Waals surface area (Å²) in [6.45, 7) is 2.15. The Hall–Kier alpha value is -3.14. The third-order valence-corrected chi connectivity index (χ3v) is 5.04. The van der Waals surface area contributed by atoms with Crippen LogP contribution in [0.3, 0.4) is 0 Å². The number of aromatic nitrogens is 3. The Labute approximate surface area is 152 Å². The fourth-order valence-corrected chi connectivity index (χ4v) is 3.70. The topological polar surface area (TPSA) is 33.4 Å². The fourth-order valence-electron chi connectivity index (χ4n) is 3.70. The van der Waals surface area contributed by atoms with Gasteiger partial charge in [0, 0.05) is 30.3 Å². The van der Waals surface area contributed by atoms with Gasteiger partial charge in [-0.1, -0.05) is 60.7 Å². The predicted octanol–water partition coefficient (Wildman–Crippen LogP) is 4.66. The molecule has 128 valence electrons. The minimum Gasteiger partial charge on any atom is -0.356 e. The van der Waals surface area contributed by atoms with Crippen LogP contribution in [0.5, 0.6) is 0 Å². The average Bonchev–Trinajstić information content (AvgIpc) is 3.39. The van der Waals surface area contributed by atoms with Crippen LogP contribution in [0, 0.1) is 0 Å². The molecular formula is C22H20N4. The number of hydrogen-bond acceptors (Lipinski definition) is 3. The minimum absolute atomic E-state index is 0.916. The zero-order valence-corrected chi connectivity index (χ0v) is 14.5. The summed E-state index contributed by atoms with van der Waals surface area (Å²) in [7, 11) is 0. The molecule has 0 saturated carbocycles. The van der Waals surface area contributed by atoms with E-state index in [0.29, 0.717) is 0 Å². The van der Waals surface area contributed by atoms with Gasteiger partial charge in [-0.3, -0.25) is 0 Å². The first-order valence-electron chi connectivity index (χ1n) is 9.15. The molecule has 26 heavy (non-hydrogen) atoms. The van der Waals surface area contributed by atoms with Crippen molar-refractivity contribution in [3.05, 3.63) is 72.9 Å². The Morgan fingerprint density at radius 1 is 0.769 bits per heavy atom. The van der Waals surface area contributed by atoms with Crippen molar-refractivity contribution in [2.45, 2.75) is 12.8 Å². The van der Waals surface area contributed by atoms with E-state index in [2.05, 4.69) is 64.6 Å². The lowest BCUT2D eigenvalue weighted by atomic mass is 10.1. The summed E-state index contributed by atoms with van der Waals surface area (Å²) in [5.41, 5.74) is 5.27. The Kier molecular flexibility index (Phi) is 3.67. The molecule has 0 bridgehead atoms. The van der Waals surface area contributed by atoms with E-state index >= 15 is 0 Å². The van der Waals surface area contributed by atoms with Gasteiger partial charge < -0.3 is 4.90 Å². The van der Waals surface area contributed by atoms with Crippen molar-refractivity contribution >= 4 is 11.5 Å². The maximum Gasteiger partial charge on any atom is 0.165 e. The number of nitrogens with zero attached hydrogens (tertiary/aromatic N) is 4. The molecule has 0 spiro atoms. The molecule has 0 aliphatic carbocycles. The second-order valence-corrected chi connectivity index (χ2v) is 6.72. The van der Waals surface area contributed by atoms with Gasteiger partial charge in [0.25, 0.3) is 0 Å². The van der Waals surface area contributed by atoms with Gasteiger partial charge in [-0.2, -0.15) is 9.61 Å². The van der Waals surface area contributed by atoms with Crippen molar-refractivity contribution in [2.75, 3.05) is 18.0 Å². The first-order valence-corrected chi connectivity index (χ1v) is 9.15. The zero-order valence-electron chi connectivity index (χ0n) is 14.5. The van der Waals surface area contributed by atoms with Crippen molar-refractivity contribution in [2.24, 2.45) is 0 Å². The number of fused-ring (bicyclic) bond motifs is 1. The van der Waals surface area contributed by atoms with Crippen molar-refractivity contribution in [3.8, 4) is 22.4 Å². The highest BCUT2D eigenvalue weighted by molar-refractivity contribution is 5.80. The van der Waals surface area contributed by atoms with Crippen LogP contribution in [-0.4, -0.2) is 27.7 Å². The van der Waals surface area contributed by atoms with Gasteiger partial charge in [0.05, 0.1) is 11.9 Å². The molecule has 1 fully saturated rings. The molecule has 0 atom stereocenters. The molecule has 4 heteroatoms. The molecule has 0 amide bonds. The largest absolute Gasteiger partial charge is 0.356 e. The van der Waals surface area contributed by atoms with E-state index in [9.17, 15) is 0 Å². The summed E-state index contributed by atoms with van der Waals surface area (Å²) in [5, 5.41) is 4.69. The Morgan fingerprint density at radius 3 is 2.12 bits per heavy atom. The van der Waals surface area contributed by atoms with Gasteiger partial charge in [-0.15, -0.1) is 0 Å². The summed E-state index contributed by atoms with van der Waals surface area (Å²) in [6.07, 6.45) is 4.40. The van der Waals surface area contributed by atoms with Gasteiger partial charge in [0.15, 0.2) is 5.65 Å². The molecule has 2 aromatic carbocycles. The van der Waals surface area contributed by atoms with Crippen molar-refractivity contribution in [1.29, 1.82) is 0 Å². The molecular weight excluding hydrogens is 320 g/mol. The summed E-state index contributed by atoms with van der Waals surface area (Å²) in [4.78, 5) is 7.41. The second-order valence-electron chi connectivity index (χ2n) is 6.72. The normalized spacial score (nSPS) is 14.2. The third kappa shape index (κ3) is 2.54. The second kappa shape index (κ2) is 6.30. The quantitative estimate of drug-likeness (QED) is 0.544. The van der Waals surface area contributed by atoms with Crippen LogP contribution in [0.4, 0.5) is 5.82 Å². The molecule has 1 saturated heterocycles. The van der Waals surface area contributed by atoms with Crippen LogP contribution in [0.15, 0.2) is 72.9 Å². The molecule has 4 aromatic rings. The maximum atomic E-state index is 4.99. The van der Waals surface area contributed by atoms with E-state index in [4.69, 9.17) is 4.98 Å². The summed E-state index contributed by atoms with van der Waals surface area (Å²) in [6, 6.07) is 22.9. The van der Waals surface area contributed by atoms with Crippen molar-refractivity contribution in [1.82, 2.24) is 14.6 Å². The molecule has 2 aromatic heterocycles. The molecule has 0 radical (unpaired) electrons. The van der Waals surface area contributed by atoms with Gasteiger partial charge in [-0.25, -0.2) is 4.98 Å². The highest BCUT2D eigenvalue weighted by Crippen LogP contribution is 2.31. The number of rotatable bonds is 3. The van der Waals surface area contributed by atoms with E-state index in [1.54, 1.807) is 0 Å². The Morgan fingerprint density at radius 2 is 1.42 bits per heavy atom. The molecule has 1 aliphatic rings. The predicted molar refractivity (Wildman–Crippen MR) is 105 cm³/mol. The van der Waals surface area contributed by atoms with Crippen molar-refractivity contribution < 1.29 is 0 Å². The van der Waals surface area contributed by atoms with Crippen LogP contribution in [0.1, 0.15) is 12.8 Å². The van der Waals surface area contributed by atoms with Crippen LogP contribution in [0.2, 0.25) is 0 Å². The lowest BCUT2D eigenvalue weighted by molar-refractivity contribution is 0.852. The smallest absolute Gasteiger partial charge is 0.165 e. The standard InChI is InChI=1S/C22H20N4/c1-3-9-17(10-4-1)19-16-23-26-21(25-13-7-8-14-25)15-20(24-22(19)26)18-11-5-2-6-12-18/h1-6,9-12,15-16H,7-8,13-14H2. The zero-order chi connectivity index (χ0) is 17.3. The first-order chi connectivity index (χ1) is 12.9. The highest BCUT2D eigenvalue weighted by Gasteiger charge is 2.20. The lowest BCUT2D eigenvalue weighted by Gasteiger charge is -2.19. The van der Waals surface area contributed by atoms with E-state index in [1.807, 2.05) is 22.8 Å². The van der Waals surface area contributed by atoms with Crippen LogP contribution < -0.4 is 4.90 Å². The maximum absolute atomic E-state index is 4.99. The lowest BCUT2D eigenvalue weighted by Crippen LogP contribution is -2.21. The van der Waals surface area contributed by atoms with Gasteiger partial charge in [0.2, 0.25) is 0 Å². The minimum atomic E-state index is 0.916. The van der Waals surface area contributed by atoms with Crippen LogP contribution in [-0.2, 0) is 0 Å². The van der Waals surface area contributed by atoms with E-state index in [-0.39, 0.29) is 0 Å². The SMILES string of the molecule is c1ccc(-c2cc(N3CCCC3)n3ncc(-c4ccccc4)c3n2)cc1. The molecule has 0 unspecified atom stereocenters. The molecule has 1 aliphatic heterocycles. The van der Waals surface area contributed by atoms with Crippen LogP contribution >= 0.6 is 0 Å². The molecule has 4 nitrogen and oxygen atoms in total. The average molecular weight is 340 g/mol. The van der Waals surface area contributed by atoms with Gasteiger partial charge >= 0.3 is 0 Å². The number of hydrogen-bond donors (Lipinski definition) is 0. The Bertz CT molecular complexity index is 1030. The van der Waals surface area contributed by atoms with E-state index < -0.39 is 0 Å². The molecule has 3 heterocycles. The van der Waals surface area contributed by atoms with E-state index in [1.165, 1.54) is 12.8 Å². The monoisotopic (exact) mass is 340 g/mol. The third-order valence-electron chi connectivity index (χ3n) is 5.04. The fraction of sp³-hybridized carbons (Fsp3) is 0.182. The summed E-state index contributed by atoms with van der Waals surface area (Å²) >= 11 is 0. The highest BCUT2D eigenvalue weighted by atomic mass is 15.3. The first kappa shape index (κ1) is 15.1. The van der Waals surface area contributed by atoms with E-state index in [0.717, 1.165) is 46.9 Å². The number of anilines is 1. The molecule has 5 rings (SSSR count). The van der Waals surface area contributed by atoms with Crippen molar-refractivity contribution in [3.63, 3.8) is 0 Å². The number of benzene rings is 2. The summed E-state index contributed by atoms with van der Waals surface area (Å²) < 4.78 is 2.00. The summed E-state index contributed by atoms with van der Waals surface area (Å²) in [5.74, 6) is 1.13. The van der Waals surface area contributed by atoms with Gasteiger partial charge in [0.1, 0.15) is 5.82 Å². The van der Waals surface area contributed by atoms with Gasteiger partial charge in [-0.05, 0) is 18.4 Å². The Balaban J connectivity index is 1.76.